The Labute approximate surface area is 127 Å². The zero-order chi connectivity index (χ0) is 15.6. The summed E-state index contributed by atoms with van der Waals surface area (Å²) < 4.78 is 18.5. The number of benzene rings is 1. The minimum absolute atomic E-state index is 0.0471. The summed E-state index contributed by atoms with van der Waals surface area (Å²) in [5, 5.41) is 2.65. The second kappa shape index (κ2) is 5.89. The molecule has 1 aliphatic heterocycles. The fraction of sp³-hybridized carbons (Fsp3) is 0.429. The summed E-state index contributed by atoms with van der Waals surface area (Å²) in [4.78, 5) is 25.1. The van der Waals surface area contributed by atoms with E-state index in [1.807, 2.05) is 0 Å². The summed E-state index contributed by atoms with van der Waals surface area (Å²) in [7, 11) is 0. The third-order valence-electron chi connectivity index (χ3n) is 3.36. The average Bonchev–Trinajstić information content (AvgIpc) is 2.83. The highest BCUT2D eigenvalue weighted by Crippen LogP contribution is 2.21. The molecule has 0 unspecified atom stereocenters. The van der Waals surface area contributed by atoms with Crippen molar-refractivity contribution in [2.45, 2.75) is 19.4 Å². The Morgan fingerprint density at radius 3 is 2.81 bits per heavy atom. The maximum Gasteiger partial charge on any atom is 0.410 e. The van der Waals surface area contributed by atoms with Crippen LogP contribution in [-0.2, 0) is 4.74 Å². The highest BCUT2D eigenvalue weighted by molar-refractivity contribution is 6.33. The van der Waals surface area contributed by atoms with Gasteiger partial charge in [-0.25, -0.2) is 9.18 Å². The zero-order valence-corrected chi connectivity index (χ0v) is 12.5. The van der Waals surface area contributed by atoms with Crippen LogP contribution < -0.4 is 5.32 Å². The number of nitrogens with one attached hydrogen (secondary N) is 1. The quantitative estimate of drug-likeness (QED) is 0.928. The van der Waals surface area contributed by atoms with Crippen molar-refractivity contribution in [1.29, 1.82) is 0 Å². The van der Waals surface area contributed by atoms with Crippen molar-refractivity contribution >= 4 is 23.6 Å². The van der Waals surface area contributed by atoms with Crippen molar-refractivity contribution in [3.05, 3.63) is 34.6 Å². The summed E-state index contributed by atoms with van der Waals surface area (Å²) in [5.41, 5.74) is -0.833. The molecule has 1 fully saturated rings. The van der Waals surface area contributed by atoms with Crippen LogP contribution in [0.15, 0.2) is 18.2 Å². The minimum atomic E-state index is -0.682. The lowest BCUT2D eigenvalue weighted by Gasteiger charge is -2.33. The molecule has 2 rings (SSSR count). The lowest BCUT2D eigenvalue weighted by atomic mass is 10.0. The molecule has 1 aromatic carbocycles. The van der Waals surface area contributed by atoms with Gasteiger partial charge in [-0.3, -0.25) is 9.69 Å². The fourth-order valence-electron chi connectivity index (χ4n) is 2.14. The van der Waals surface area contributed by atoms with Gasteiger partial charge >= 0.3 is 6.09 Å². The Bertz CT molecular complexity index is 557. The molecule has 0 atom stereocenters. The summed E-state index contributed by atoms with van der Waals surface area (Å²) in [6.07, 6.45) is -0.418. The molecule has 1 aromatic rings. The summed E-state index contributed by atoms with van der Waals surface area (Å²) in [6, 6.07) is 4.05. The molecule has 0 aromatic heterocycles. The van der Waals surface area contributed by atoms with Gasteiger partial charge in [0, 0.05) is 6.54 Å². The van der Waals surface area contributed by atoms with Crippen molar-refractivity contribution in [3.8, 4) is 0 Å². The van der Waals surface area contributed by atoms with E-state index in [2.05, 4.69) is 5.32 Å². The maximum absolute atomic E-state index is 13.7. The second-order valence-electron chi connectivity index (χ2n) is 5.36. The van der Waals surface area contributed by atoms with Crippen LogP contribution in [-0.4, -0.2) is 42.1 Å². The Morgan fingerprint density at radius 1 is 1.52 bits per heavy atom. The van der Waals surface area contributed by atoms with Crippen molar-refractivity contribution < 1.29 is 18.7 Å². The second-order valence-corrected chi connectivity index (χ2v) is 5.76. The highest BCUT2D eigenvalue weighted by atomic mass is 35.5. The van der Waals surface area contributed by atoms with E-state index in [1.54, 1.807) is 13.8 Å². The van der Waals surface area contributed by atoms with Gasteiger partial charge in [0.05, 0.1) is 22.7 Å². The van der Waals surface area contributed by atoms with E-state index < -0.39 is 23.4 Å². The minimum Gasteiger partial charge on any atom is -0.448 e. The molecule has 1 heterocycles. The van der Waals surface area contributed by atoms with Gasteiger partial charge in [-0.1, -0.05) is 17.7 Å². The number of hydrogen-bond acceptors (Lipinski definition) is 3. The number of carbonyl (C=O) groups excluding carboxylic acids is 2. The van der Waals surface area contributed by atoms with E-state index in [0.29, 0.717) is 13.2 Å². The lowest BCUT2D eigenvalue weighted by molar-refractivity contribution is 0.0899. The number of hydrogen-bond donors (Lipinski definition) is 1. The number of amides is 2. The number of halogens is 2. The van der Waals surface area contributed by atoms with Crippen molar-refractivity contribution in [2.24, 2.45) is 0 Å². The number of nitrogens with zero attached hydrogens (tertiary/aromatic N) is 1. The van der Waals surface area contributed by atoms with E-state index in [-0.39, 0.29) is 17.1 Å². The van der Waals surface area contributed by atoms with Gasteiger partial charge in [0.25, 0.3) is 5.91 Å². The van der Waals surface area contributed by atoms with Gasteiger partial charge in [-0.15, -0.1) is 0 Å². The number of cyclic esters (lactones) is 1. The van der Waals surface area contributed by atoms with E-state index in [0.717, 1.165) is 0 Å². The van der Waals surface area contributed by atoms with E-state index in [9.17, 15) is 14.0 Å². The van der Waals surface area contributed by atoms with Crippen LogP contribution in [0.25, 0.3) is 0 Å². The van der Waals surface area contributed by atoms with Crippen LogP contribution in [0.4, 0.5) is 9.18 Å². The topological polar surface area (TPSA) is 58.6 Å². The third kappa shape index (κ3) is 3.26. The first-order valence-corrected chi connectivity index (χ1v) is 6.87. The van der Waals surface area contributed by atoms with Gasteiger partial charge in [0.1, 0.15) is 12.4 Å². The lowest BCUT2D eigenvalue weighted by Crippen LogP contribution is -2.52. The summed E-state index contributed by atoms with van der Waals surface area (Å²) in [5.74, 6) is -1.29. The van der Waals surface area contributed by atoms with Gasteiger partial charge in [-0.05, 0) is 26.0 Å². The fourth-order valence-corrected chi connectivity index (χ4v) is 2.39. The van der Waals surface area contributed by atoms with Crippen LogP contribution in [0.3, 0.4) is 0 Å². The van der Waals surface area contributed by atoms with Crippen LogP contribution in [0.2, 0.25) is 5.02 Å². The van der Waals surface area contributed by atoms with Crippen molar-refractivity contribution in [3.63, 3.8) is 0 Å². The molecular formula is C14H16ClFN2O3. The van der Waals surface area contributed by atoms with E-state index in [4.69, 9.17) is 16.3 Å². The predicted molar refractivity (Wildman–Crippen MR) is 75.9 cm³/mol. The Hall–Kier alpha value is -1.82. The molecule has 1 saturated heterocycles. The molecule has 21 heavy (non-hydrogen) atoms. The largest absolute Gasteiger partial charge is 0.448 e. The molecular weight excluding hydrogens is 299 g/mol. The SMILES string of the molecule is CC(C)(CNC(=O)c1c(F)cccc1Cl)N1CCOC1=O. The van der Waals surface area contributed by atoms with Crippen LogP contribution >= 0.6 is 11.6 Å². The van der Waals surface area contributed by atoms with Crippen LogP contribution in [0.1, 0.15) is 24.2 Å². The number of carbonyl (C=O) groups is 2. The first-order chi connectivity index (χ1) is 9.83. The molecule has 114 valence electrons. The zero-order valence-electron chi connectivity index (χ0n) is 11.8. The molecule has 1 N–H and O–H groups in total. The maximum atomic E-state index is 13.7. The molecule has 5 nitrogen and oxygen atoms in total. The van der Waals surface area contributed by atoms with Crippen molar-refractivity contribution in [2.75, 3.05) is 19.7 Å². The van der Waals surface area contributed by atoms with Gasteiger partial charge in [-0.2, -0.15) is 0 Å². The average molecular weight is 315 g/mol. The Balaban J connectivity index is 2.05. The first-order valence-electron chi connectivity index (χ1n) is 6.49. The Morgan fingerprint density at radius 2 is 2.24 bits per heavy atom. The summed E-state index contributed by atoms with van der Waals surface area (Å²) in [6.45, 7) is 4.54. The molecule has 7 heteroatoms. The van der Waals surface area contributed by atoms with Gasteiger partial charge in [0.15, 0.2) is 0 Å². The standard InChI is InChI=1S/C14H16ClFN2O3/c1-14(2,18-6-7-21-13(18)20)8-17-12(19)11-9(15)4-3-5-10(11)16/h3-5H,6-8H2,1-2H3,(H,17,19). The molecule has 0 bridgehead atoms. The summed E-state index contributed by atoms with van der Waals surface area (Å²) >= 11 is 5.84. The van der Waals surface area contributed by atoms with Crippen molar-refractivity contribution in [1.82, 2.24) is 10.2 Å². The highest BCUT2D eigenvalue weighted by Gasteiger charge is 2.36. The molecule has 0 spiro atoms. The molecule has 0 saturated carbocycles. The first kappa shape index (κ1) is 15.6. The molecule has 0 radical (unpaired) electrons. The van der Waals surface area contributed by atoms with E-state index in [1.165, 1.54) is 23.1 Å². The molecule has 2 amide bonds. The normalized spacial score (nSPS) is 15.0. The van der Waals surface area contributed by atoms with Gasteiger partial charge < -0.3 is 10.1 Å². The van der Waals surface area contributed by atoms with E-state index >= 15 is 0 Å². The number of rotatable bonds is 4. The van der Waals surface area contributed by atoms with Crippen LogP contribution in [0.5, 0.6) is 0 Å². The van der Waals surface area contributed by atoms with Crippen LogP contribution in [0, 0.1) is 5.82 Å². The number of ether oxygens (including phenoxy) is 1. The molecule has 1 aliphatic rings. The monoisotopic (exact) mass is 314 g/mol. The third-order valence-corrected chi connectivity index (χ3v) is 3.68. The smallest absolute Gasteiger partial charge is 0.410 e. The van der Waals surface area contributed by atoms with Gasteiger partial charge in [0.2, 0.25) is 0 Å². The molecule has 0 aliphatic carbocycles. The predicted octanol–water partition coefficient (Wildman–Crippen LogP) is 2.44. The Kier molecular flexibility index (Phi) is 4.37.